The molecule has 2 heterocycles. The summed E-state index contributed by atoms with van der Waals surface area (Å²) in [6.07, 6.45) is 4.36. The molecule has 1 aliphatic heterocycles. The van der Waals surface area contributed by atoms with Crippen molar-refractivity contribution in [2.45, 2.75) is 18.8 Å². The Bertz CT molecular complexity index is 312. The third-order valence-electron chi connectivity index (χ3n) is 2.96. The summed E-state index contributed by atoms with van der Waals surface area (Å²) < 4.78 is 0. The molecule has 0 amide bonds. The largest absolute Gasteiger partial charge is 0.258 e. The molecule has 1 fully saturated rings. The second-order valence-electron chi connectivity index (χ2n) is 3.92. The number of nitrogens with zero attached hydrogens (tertiary/aromatic N) is 2. The molecular formula is C11H16ClN3. The molecule has 1 aromatic heterocycles. The van der Waals surface area contributed by atoms with Gasteiger partial charge in [0.2, 0.25) is 0 Å². The van der Waals surface area contributed by atoms with E-state index in [1.54, 1.807) is 0 Å². The average Bonchev–Trinajstić information content (AvgIpc) is 2.30. The maximum atomic E-state index is 5.77. The van der Waals surface area contributed by atoms with Crippen molar-refractivity contribution in [2.24, 2.45) is 0 Å². The van der Waals surface area contributed by atoms with Gasteiger partial charge in [0.1, 0.15) is 5.15 Å². The normalized spacial score (nSPS) is 22.9. The van der Waals surface area contributed by atoms with Crippen LogP contribution in [0.1, 0.15) is 24.3 Å². The molecule has 0 radical (unpaired) electrons. The highest BCUT2D eigenvalue weighted by Crippen LogP contribution is 2.25. The van der Waals surface area contributed by atoms with Crippen LogP contribution >= 0.6 is 11.6 Å². The van der Waals surface area contributed by atoms with Gasteiger partial charge in [0.25, 0.3) is 0 Å². The molecule has 3 nitrogen and oxygen atoms in total. The minimum absolute atomic E-state index is 0.569. The zero-order chi connectivity index (χ0) is 10.7. The summed E-state index contributed by atoms with van der Waals surface area (Å²) in [5, 5.41) is 2.82. The van der Waals surface area contributed by atoms with Crippen LogP contribution in [0.2, 0.25) is 5.15 Å². The summed E-state index contributed by atoms with van der Waals surface area (Å²) in [6.45, 7) is 2.19. The Balaban J connectivity index is 2.06. The van der Waals surface area contributed by atoms with Crippen molar-refractivity contribution in [3.05, 3.63) is 29.0 Å². The summed E-state index contributed by atoms with van der Waals surface area (Å²) in [4.78, 5) is 4.13. The molecule has 82 valence electrons. The maximum absolute atomic E-state index is 5.77. The molecule has 1 N–H and O–H groups in total. The molecule has 0 aliphatic carbocycles. The molecule has 1 aliphatic rings. The lowest BCUT2D eigenvalue weighted by Crippen LogP contribution is -2.42. The molecule has 0 aromatic carbocycles. The topological polar surface area (TPSA) is 28.2 Å². The van der Waals surface area contributed by atoms with Gasteiger partial charge in [0.15, 0.2) is 0 Å². The van der Waals surface area contributed by atoms with E-state index in [1.165, 1.54) is 18.4 Å². The summed E-state index contributed by atoms with van der Waals surface area (Å²) >= 11 is 5.77. The number of hydrogen-bond acceptors (Lipinski definition) is 3. The van der Waals surface area contributed by atoms with Gasteiger partial charge < -0.3 is 0 Å². The zero-order valence-corrected chi connectivity index (χ0v) is 9.67. The summed E-state index contributed by atoms with van der Waals surface area (Å²) in [7, 11) is 1.97. The zero-order valence-electron chi connectivity index (χ0n) is 8.91. The van der Waals surface area contributed by atoms with Crippen LogP contribution in [0.5, 0.6) is 0 Å². The highest BCUT2D eigenvalue weighted by atomic mass is 35.5. The van der Waals surface area contributed by atoms with E-state index in [-0.39, 0.29) is 0 Å². The Morgan fingerprint density at radius 3 is 3.07 bits per heavy atom. The van der Waals surface area contributed by atoms with E-state index < -0.39 is 0 Å². The molecule has 0 saturated carbocycles. The fourth-order valence-corrected chi connectivity index (χ4v) is 2.19. The fraction of sp³-hybridized carbons (Fsp3) is 0.545. The summed E-state index contributed by atoms with van der Waals surface area (Å²) in [5.74, 6) is 0.580. The maximum Gasteiger partial charge on any atom is 0.129 e. The second-order valence-corrected chi connectivity index (χ2v) is 4.31. The number of rotatable bonds is 2. The Kier molecular flexibility index (Phi) is 3.57. The van der Waals surface area contributed by atoms with Crippen LogP contribution in [-0.2, 0) is 0 Å². The third kappa shape index (κ3) is 2.68. The third-order valence-corrected chi connectivity index (χ3v) is 3.18. The van der Waals surface area contributed by atoms with Gasteiger partial charge in [-0.1, -0.05) is 17.7 Å². The minimum atomic E-state index is 0.569. The molecule has 4 heteroatoms. The smallest absolute Gasteiger partial charge is 0.129 e. The van der Waals surface area contributed by atoms with Crippen molar-refractivity contribution >= 4 is 11.6 Å². The number of pyridine rings is 1. The van der Waals surface area contributed by atoms with E-state index in [9.17, 15) is 0 Å². The van der Waals surface area contributed by atoms with Gasteiger partial charge in [-0.2, -0.15) is 0 Å². The van der Waals surface area contributed by atoms with Crippen molar-refractivity contribution in [2.75, 3.05) is 20.1 Å². The van der Waals surface area contributed by atoms with E-state index >= 15 is 0 Å². The number of hydrogen-bond donors (Lipinski definition) is 1. The van der Waals surface area contributed by atoms with Crippen LogP contribution in [0, 0.1) is 0 Å². The van der Waals surface area contributed by atoms with Crippen LogP contribution in [0.4, 0.5) is 0 Å². The Morgan fingerprint density at radius 1 is 1.53 bits per heavy atom. The number of aromatic nitrogens is 1. The first kappa shape index (κ1) is 10.9. The van der Waals surface area contributed by atoms with Gasteiger partial charge in [-0.15, -0.1) is 0 Å². The van der Waals surface area contributed by atoms with E-state index in [4.69, 9.17) is 11.6 Å². The lowest BCUT2D eigenvalue weighted by molar-refractivity contribution is 0.154. The van der Waals surface area contributed by atoms with E-state index in [2.05, 4.69) is 21.5 Å². The second kappa shape index (κ2) is 4.92. The molecular weight excluding hydrogens is 210 g/mol. The highest BCUT2D eigenvalue weighted by Gasteiger charge is 2.20. The molecule has 1 atom stereocenters. The average molecular weight is 226 g/mol. The predicted molar refractivity (Wildman–Crippen MR) is 61.9 cm³/mol. The standard InChI is InChI=1S/C11H16ClN3/c1-13-15-6-2-3-10(8-15)9-4-5-11(12)14-7-9/h4-5,7,10,13H,2-3,6,8H2,1H3/t10-/m1/s1. The molecule has 0 bridgehead atoms. The fourth-order valence-electron chi connectivity index (χ4n) is 2.08. The van der Waals surface area contributed by atoms with Crippen molar-refractivity contribution < 1.29 is 0 Å². The molecule has 1 aromatic rings. The molecule has 15 heavy (non-hydrogen) atoms. The van der Waals surface area contributed by atoms with E-state index in [1.807, 2.05) is 19.3 Å². The molecule has 0 unspecified atom stereocenters. The van der Waals surface area contributed by atoms with Crippen LogP contribution in [0.25, 0.3) is 0 Å². The molecule has 0 spiro atoms. The Morgan fingerprint density at radius 2 is 2.40 bits per heavy atom. The Hall–Kier alpha value is -0.640. The summed E-state index contributed by atoms with van der Waals surface area (Å²) in [5.41, 5.74) is 4.49. The minimum Gasteiger partial charge on any atom is -0.258 e. The number of piperidine rings is 1. The van der Waals surface area contributed by atoms with Gasteiger partial charge in [-0.3, -0.25) is 5.43 Å². The molecule has 2 rings (SSSR count). The van der Waals surface area contributed by atoms with Crippen molar-refractivity contribution in [1.82, 2.24) is 15.4 Å². The van der Waals surface area contributed by atoms with Gasteiger partial charge in [-0.05, 0) is 37.4 Å². The van der Waals surface area contributed by atoms with Crippen LogP contribution in [-0.4, -0.2) is 30.1 Å². The van der Waals surface area contributed by atoms with Crippen LogP contribution in [0.15, 0.2) is 18.3 Å². The van der Waals surface area contributed by atoms with Crippen LogP contribution < -0.4 is 5.43 Å². The predicted octanol–water partition coefficient (Wildman–Crippen LogP) is 2.05. The van der Waals surface area contributed by atoms with Crippen molar-refractivity contribution in [3.8, 4) is 0 Å². The van der Waals surface area contributed by atoms with E-state index in [0.717, 1.165) is 13.1 Å². The van der Waals surface area contributed by atoms with Gasteiger partial charge in [0.05, 0.1) is 0 Å². The van der Waals surface area contributed by atoms with Gasteiger partial charge >= 0.3 is 0 Å². The first-order valence-corrected chi connectivity index (χ1v) is 5.71. The molecule has 1 saturated heterocycles. The Labute approximate surface area is 95.4 Å². The van der Waals surface area contributed by atoms with E-state index in [0.29, 0.717) is 11.1 Å². The van der Waals surface area contributed by atoms with Crippen molar-refractivity contribution in [1.29, 1.82) is 0 Å². The SMILES string of the molecule is CNN1CCC[C@@H](c2ccc(Cl)nc2)C1. The highest BCUT2D eigenvalue weighted by molar-refractivity contribution is 6.29. The van der Waals surface area contributed by atoms with Gasteiger partial charge in [0, 0.05) is 19.3 Å². The lowest BCUT2D eigenvalue weighted by Gasteiger charge is -2.31. The number of hydrazine groups is 1. The van der Waals surface area contributed by atoms with Crippen molar-refractivity contribution in [3.63, 3.8) is 0 Å². The quantitative estimate of drug-likeness (QED) is 0.781. The first-order chi connectivity index (χ1) is 7.29. The first-order valence-electron chi connectivity index (χ1n) is 5.33. The lowest BCUT2D eigenvalue weighted by atomic mass is 9.92. The summed E-state index contributed by atoms with van der Waals surface area (Å²) in [6, 6.07) is 3.95. The van der Waals surface area contributed by atoms with Gasteiger partial charge in [-0.25, -0.2) is 9.99 Å². The number of halogens is 1. The number of nitrogens with one attached hydrogen (secondary N) is 1. The monoisotopic (exact) mass is 225 g/mol. The van der Waals surface area contributed by atoms with Crippen LogP contribution in [0.3, 0.4) is 0 Å².